The number of methoxy groups -OCH3 is 3. The molecular weight excluding hydrogens is 622 g/mol. The summed E-state index contributed by atoms with van der Waals surface area (Å²) < 4.78 is 22.5. The van der Waals surface area contributed by atoms with Gasteiger partial charge < -0.3 is 39.6 Å². The maximum Gasteiger partial charge on any atom is 0.253 e. The third kappa shape index (κ3) is 9.84. The van der Waals surface area contributed by atoms with E-state index < -0.39 is 17.0 Å². The van der Waals surface area contributed by atoms with Crippen LogP contribution < -0.4 is 35.9 Å². The van der Waals surface area contributed by atoms with Gasteiger partial charge >= 0.3 is 0 Å². The van der Waals surface area contributed by atoms with Gasteiger partial charge in [-0.2, -0.15) is 0 Å². The summed E-state index contributed by atoms with van der Waals surface area (Å²) in [6.07, 6.45) is 8.32. The van der Waals surface area contributed by atoms with Crippen LogP contribution in [-0.4, -0.2) is 71.4 Å². The average Bonchev–Trinajstić information content (AvgIpc) is 3.14. The van der Waals surface area contributed by atoms with Gasteiger partial charge in [0.2, 0.25) is 0 Å². The molecule has 268 valence electrons. The van der Waals surface area contributed by atoms with Crippen LogP contribution in [-0.2, 0) is 16.0 Å². The second-order valence-corrected chi connectivity index (χ2v) is 13.7. The third-order valence-electron chi connectivity index (χ3n) is 10.2. The molecule has 1 heterocycles. The van der Waals surface area contributed by atoms with Crippen molar-refractivity contribution in [2.45, 2.75) is 82.6 Å². The van der Waals surface area contributed by atoms with Crippen LogP contribution in [0.5, 0.6) is 11.5 Å². The van der Waals surface area contributed by atoms with Crippen LogP contribution in [0.1, 0.15) is 75.0 Å². The molecule has 0 amide bonds. The van der Waals surface area contributed by atoms with E-state index in [2.05, 4.69) is 27.7 Å². The van der Waals surface area contributed by atoms with E-state index in [1.807, 2.05) is 36.4 Å². The van der Waals surface area contributed by atoms with Crippen molar-refractivity contribution >= 4 is 11.4 Å². The minimum absolute atomic E-state index is 0.125. The molecule has 5 rings (SSSR count). The van der Waals surface area contributed by atoms with Gasteiger partial charge in [-0.05, 0) is 54.9 Å². The topological polar surface area (TPSA) is 119 Å². The zero-order valence-electron chi connectivity index (χ0n) is 29.5. The number of benzene rings is 2. The second kappa shape index (κ2) is 18.5. The van der Waals surface area contributed by atoms with E-state index in [0.29, 0.717) is 68.2 Å². The van der Waals surface area contributed by atoms with Crippen LogP contribution in [0, 0.1) is 11.8 Å². The molecule has 4 atom stereocenters. The normalized spacial score (nSPS) is 19.0. The molecule has 1 saturated carbocycles. The standard InChI is InChI=1S/C39H55N3O7/c1-46-18-11-19-49-39(29-14-8-5-9-15-29)30-16-10-17-42(26-30)36-35(37(44)38(36)45)41-33(22-27-12-6-4-7-13-27)34(43)25-40-24-28-20-31(47-2)23-32(21-28)48-3/h5,8-9,14-15,20-21,23,27,30,33-34,39-41,43H,4,6-7,10-13,16-19,22,24-26H2,1-3H3/t30-,33?,34?,39+/m1/s1. The fourth-order valence-corrected chi connectivity index (χ4v) is 7.59. The molecule has 2 aliphatic rings. The van der Waals surface area contributed by atoms with Crippen molar-refractivity contribution in [1.82, 2.24) is 5.32 Å². The van der Waals surface area contributed by atoms with E-state index in [9.17, 15) is 14.7 Å². The zero-order valence-corrected chi connectivity index (χ0v) is 29.5. The van der Waals surface area contributed by atoms with E-state index in [1.165, 1.54) is 19.3 Å². The van der Waals surface area contributed by atoms with Gasteiger partial charge in [-0.25, -0.2) is 0 Å². The largest absolute Gasteiger partial charge is 0.497 e. The maximum atomic E-state index is 13.2. The molecule has 1 aliphatic carbocycles. The maximum absolute atomic E-state index is 13.2. The van der Waals surface area contributed by atoms with Crippen LogP contribution in [0.15, 0.2) is 58.1 Å². The van der Waals surface area contributed by atoms with Crippen LogP contribution >= 0.6 is 0 Å². The Morgan fingerprint density at radius 3 is 2.33 bits per heavy atom. The summed E-state index contributed by atoms with van der Waals surface area (Å²) in [5.41, 5.74) is 1.95. The number of nitrogens with zero attached hydrogens (tertiary/aromatic N) is 1. The molecule has 10 heteroatoms. The van der Waals surface area contributed by atoms with Gasteiger partial charge in [0.25, 0.3) is 10.9 Å². The van der Waals surface area contributed by atoms with E-state index in [-0.39, 0.29) is 18.1 Å². The van der Waals surface area contributed by atoms with Gasteiger partial charge in [-0.3, -0.25) is 9.59 Å². The van der Waals surface area contributed by atoms with Crippen molar-refractivity contribution in [3.05, 3.63) is 80.1 Å². The summed E-state index contributed by atoms with van der Waals surface area (Å²) >= 11 is 0. The molecule has 3 aromatic rings. The Bertz CT molecular complexity index is 1480. The van der Waals surface area contributed by atoms with Crippen molar-refractivity contribution in [3.63, 3.8) is 0 Å². The molecule has 10 nitrogen and oxygen atoms in total. The molecule has 1 saturated heterocycles. The molecule has 2 unspecified atom stereocenters. The molecular formula is C39H55N3O7. The number of piperidine rings is 1. The molecule has 3 aromatic carbocycles. The number of rotatable bonds is 19. The summed E-state index contributed by atoms with van der Waals surface area (Å²) in [7, 11) is 4.94. The van der Waals surface area contributed by atoms with Crippen LogP contribution in [0.3, 0.4) is 0 Å². The van der Waals surface area contributed by atoms with E-state index >= 15 is 0 Å². The first-order valence-electron chi connectivity index (χ1n) is 18.0. The monoisotopic (exact) mass is 677 g/mol. The molecule has 0 spiro atoms. The van der Waals surface area contributed by atoms with Gasteiger partial charge in [0.05, 0.1) is 32.5 Å². The highest BCUT2D eigenvalue weighted by Gasteiger charge is 2.35. The van der Waals surface area contributed by atoms with Gasteiger partial charge in [0, 0.05) is 58.5 Å². The van der Waals surface area contributed by atoms with Crippen LogP contribution in [0.25, 0.3) is 0 Å². The smallest absolute Gasteiger partial charge is 0.253 e. The lowest BCUT2D eigenvalue weighted by molar-refractivity contribution is -0.00235. The predicted molar refractivity (Wildman–Crippen MR) is 194 cm³/mol. The molecule has 49 heavy (non-hydrogen) atoms. The Morgan fingerprint density at radius 2 is 1.63 bits per heavy atom. The lowest BCUT2D eigenvalue weighted by Gasteiger charge is -2.40. The summed E-state index contributed by atoms with van der Waals surface area (Å²) in [4.78, 5) is 28.5. The minimum Gasteiger partial charge on any atom is -0.497 e. The highest BCUT2D eigenvalue weighted by Crippen LogP contribution is 2.36. The summed E-state index contributed by atoms with van der Waals surface area (Å²) in [5.74, 6) is 2.02. The van der Waals surface area contributed by atoms with Crippen molar-refractivity contribution in [1.29, 1.82) is 0 Å². The number of ether oxygens (including phenoxy) is 4. The summed E-state index contributed by atoms with van der Waals surface area (Å²) in [6, 6.07) is 15.6. The van der Waals surface area contributed by atoms with Gasteiger partial charge in [-0.15, -0.1) is 0 Å². The number of nitrogens with one attached hydrogen (secondary N) is 2. The van der Waals surface area contributed by atoms with Gasteiger partial charge in [-0.1, -0.05) is 62.4 Å². The molecule has 0 bridgehead atoms. The lowest BCUT2D eigenvalue weighted by Crippen LogP contribution is -2.50. The number of hydrogen-bond donors (Lipinski definition) is 3. The van der Waals surface area contributed by atoms with Crippen molar-refractivity contribution in [3.8, 4) is 11.5 Å². The summed E-state index contributed by atoms with van der Waals surface area (Å²) in [5, 5.41) is 18.4. The van der Waals surface area contributed by atoms with Crippen LogP contribution in [0.4, 0.5) is 11.4 Å². The number of aliphatic hydroxyl groups is 1. The SMILES string of the molecule is COCCCO[C@@H](c1ccccc1)[C@@H]1CCCN(c2c(NC(CC3CCCCC3)C(O)CNCc3cc(OC)cc(OC)c3)c(=O)c2=O)C1. The Kier molecular flexibility index (Phi) is 13.9. The minimum atomic E-state index is -0.774. The third-order valence-corrected chi connectivity index (χ3v) is 10.2. The number of aliphatic hydroxyl groups excluding tert-OH is 1. The van der Waals surface area contributed by atoms with Gasteiger partial charge in [0.1, 0.15) is 22.9 Å². The van der Waals surface area contributed by atoms with E-state index in [0.717, 1.165) is 49.7 Å². The van der Waals surface area contributed by atoms with E-state index in [4.69, 9.17) is 18.9 Å². The van der Waals surface area contributed by atoms with E-state index in [1.54, 1.807) is 21.3 Å². The van der Waals surface area contributed by atoms with Gasteiger partial charge in [0.15, 0.2) is 0 Å². The Morgan fingerprint density at radius 1 is 0.898 bits per heavy atom. The fraction of sp³-hybridized carbons (Fsp3) is 0.590. The van der Waals surface area contributed by atoms with Crippen molar-refractivity contribution in [2.75, 3.05) is 64.4 Å². The molecule has 0 radical (unpaired) electrons. The van der Waals surface area contributed by atoms with Crippen molar-refractivity contribution < 1.29 is 24.1 Å². The molecule has 1 aliphatic heterocycles. The second-order valence-electron chi connectivity index (χ2n) is 13.7. The first-order valence-corrected chi connectivity index (χ1v) is 18.0. The first-order chi connectivity index (χ1) is 23.9. The predicted octanol–water partition coefficient (Wildman–Crippen LogP) is 5.21. The van der Waals surface area contributed by atoms with Crippen molar-refractivity contribution in [2.24, 2.45) is 11.8 Å². The number of hydrogen-bond acceptors (Lipinski definition) is 10. The Hall–Kier alpha value is -3.44. The molecule has 3 N–H and O–H groups in total. The fourth-order valence-electron chi connectivity index (χ4n) is 7.59. The Labute approximate surface area is 290 Å². The van der Waals surface area contributed by atoms with Crippen LogP contribution in [0.2, 0.25) is 0 Å². The molecule has 0 aromatic heterocycles. The lowest BCUT2D eigenvalue weighted by atomic mass is 9.83. The average molecular weight is 678 g/mol. The summed E-state index contributed by atoms with van der Waals surface area (Å²) in [6.45, 7) is 3.36. The number of anilines is 2. The molecule has 2 fully saturated rings. The highest BCUT2D eigenvalue weighted by molar-refractivity contribution is 5.75. The quantitative estimate of drug-likeness (QED) is 0.115. The Balaban J connectivity index is 1.30. The zero-order chi connectivity index (χ0) is 34.6. The highest BCUT2D eigenvalue weighted by atomic mass is 16.5. The first kappa shape index (κ1) is 36.8.